The van der Waals surface area contributed by atoms with E-state index < -0.39 is 0 Å². The van der Waals surface area contributed by atoms with Crippen LogP contribution in [0.1, 0.15) is 35.7 Å². The zero-order valence-electron chi connectivity index (χ0n) is 11.5. The maximum Gasteiger partial charge on any atom is 0.227 e. The maximum atomic E-state index is 12.1. The number of halogens is 2. The van der Waals surface area contributed by atoms with Gasteiger partial charge in [-0.05, 0) is 23.6 Å². The highest BCUT2D eigenvalue weighted by Gasteiger charge is 2.12. The summed E-state index contributed by atoms with van der Waals surface area (Å²) in [7, 11) is 0. The average Bonchev–Trinajstić information content (AvgIpc) is 2.40. The normalized spacial score (nSPS) is 10.2. The van der Waals surface area contributed by atoms with Crippen LogP contribution >= 0.6 is 15.9 Å². The molecular weight excluding hydrogens is 382 g/mol. The summed E-state index contributed by atoms with van der Waals surface area (Å²) < 4.78 is 2.90. The van der Waals surface area contributed by atoms with Gasteiger partial charge < -0.3 is 17.0 Å². The molecule has 0 fully saturated rings. The van der Waals surface area contributed by atoms with Gasteiger partial charge in [0, 0.05) is 22.2 Å². The third-order valence-electron chi connectivity index (χ3n) is 3.08. The summed E-state index contributed by atoms with van der Waals surface area (Å²) >= 11 is 3.37. The zero-order chi connectivity index (χ0) is 13.8. The number of hydrogen-bond acceptors (Lipinski definition) is 1. The quantitative estimate of drug-likeness (QED) is 0.549. The van der Waals surface area contributed by atoms with E-state index in [4.69, 9.17) is 0 Å². The van der Waals surface area contributed by atoms with Crippen LogP contribution in [0.15, 0.2) is 53.3 Å². The van der Waals surface area contributed by atoms with Gasteiger partial charge in [0.15, 0.2) is 12.4 Å². The summed E-state index contributed by atoms with van der Waals surface area (Å²) in [6.45, 7) is 4.69. The van der Waals surface area contributed by atoms with Crippen LogP contribution in [-0.4, -0.2) is 5.78 Å². The molecule has 0 saturated carbocycles. The second-order valence-corrected chi connectivity index (χ2v) is 5.80. The van der Waals surface area contributed by atoms with Crippen molar-refractivity contribution >= 4 is 21.7 Å². The van der Waals surface area contributed by atoms with E-state index in [0.717, 1.165) is 10.0 Å². The van der Waals surface area contributed by atoms with E-state index in [1.54, 1.807) is 0 Å². The molecule has 0 unspecified atom stereocenters. The maximum absolute atomic E-state index is 12.1. The van der Waals surface area contributed by atoms with Gasteiger partial charge in [0.1, 0.15) is 0 Å². The first-order valence-corrected chi connectivity index (χ1v) is 7.13. The van der Waals surface area contributed by atoms with Gasteiger partial charge in [-0.15, -0.1) is 0 Å². The number of benzene rings is 1. The van der Waals surface area contributed by atoms with Gasteiger partial charge in [-0.3, -0.25) is 4.79 Å². The lowest BCUT2D eigenvalue weighted by Gasteiger charge is -2.03. The number of Topliss-reactive ketones (excluding diaryl/α,β-unsaturated/α-hetero) is 1. The molecule has 20 heavy (non-hydrogen) atoms. The molecule has 0 bridgehead atoms. The molecule has 106 valence electrons. The van der Waals surface area contributed by atoms with Gasteiger partial charge in [0.2, 0.25) is 12.3 Å². The minimum absolute atomic E-state index is 0. The van der Waals surface area contributed by atoms with Gasteiger partial charge in [0.25, 0.3) is 0 Å². The summed E-state index contributed by atoms with van der Waals surface area (Å²) in [6.07, 6.45) is 3.93. The summed E-state index contributed by atoms with van der Waals surface area (Å²) in [5, 5.41) is 0. The molecule has 1 aromatic heterocycles. The molecule has 1 heterocycles. The van der Waals surface area contributed by atoms with Gasteiger partial charge >= 0.3 is 0 Å². The van der Waals surface area contributed by atoms with Crippen LogP contribution in [0, 0.1) is 0 Å². The molecule has 0 aliphatic heterocycles. The Morgan fingerprint density at radius 1 is 1.10 bits per heavy atom. The molecule has 1 aromatic carbocycles. The molecule has 0 spiro atoms. The Balaban J connectivity index is 0.00000200. The molecule has 2 aromatic rings. The van der Waals surface area contributed by atoms with Crippen LogP contribution in [0.2, 0.25) is 0 Å². The average molecular weight is 399 g/mol. The predicted octanol–water partition coefficient (Wildman–Crippen LogP) is 0.747. The van der Waals surface area contributed by atoms with Crippen LogP contribution < -0.4 is 21.5 Å². The predicted molar refractivity (Wildman–Crippen MR) is 79.2 cm³/mol. The van der Waals surface area contributed by atoms with Gasteiger partial charge in [-0.25, -0.2) is 0 Å². The first kappa shape index (κ1) is 17.1. The standard InChI is InChI=1S/C16H17BrNO.BrH/c1-12(2)13-7-9-18(10-8-13)11-16(19)14-3-5-15(17)6-4-14;/h3-10,12H,11H2,1-2H3;1H/q+1;/p-1. The molecule has 0 amide bonds. The molecule has 0 saturated heterocycles. The third-order valence-corrected chi connectivity index (χ3v) is 3.60. The monoisotopic (exact) mass is 397 g/mol. The summed E-state index contributed by atoms with van der Waals surface area (Å²) in [4.78, 5) is 12.1. The molecule has 0 atom stereocenters. The Bertz CT molecular complexity index is 562. The van der Waals surface area contributed by atoms with Gasteiger partial charge in [-0.2, -0.15) is 4.57 Å². The van der Waals surface area contributed by atoms with Crippen LogP contribution in [0.5, 0.6) is 0 Å². The van der Waals surface area contributed by atoms with Crippen molar-refractivity contribution in [2.75, 3.05) is 0 Å². The molecule has 0 N–H and O–H groups in total. The van der Waals surface area contributed by atoms with E-state index in [9.17, 15) is 4.79 Å². The summed E-state index contributed by atoms with van der Waals surface area (Å²) in [6, 6.07) is 11.6. The number of ketones is 1. The van der Waals surface area contributed by atoms with E-state index in [0.29, 0.717) is 12.5 Å². The second kappa shape index (κ2) is 7.70. The van der Waals surface area contributed by atoms with Crippen molar-refractivity contribution in [2.24, 2.45) is 0 Å². The van der Waals surface area contributed by atoms with Gasteiger partial charge in [-0.1, -0.05) is 41.9 Å². The highest BCUT2D eigenvalue weighted by molar-refractivity contribution is 9.10. The number of hydrogen-bond donors (Lipinski definition) is 0. The minimum Gasteiger partial charge on any atom is -1.00 e. The number of aromatic nitrogens is 1. The van der Waals surface area contributed by atoms with E-state index >= 15 is 0 Å². The lowest BCUT2D eigenvalue weighted by molar-refractivity contribution is -0.683. The highest BCUT2D eigenvalue weighted by atomic mass is 79.9. The number of nitrogens with zero attached hydrogens (tertiary/aromatic N) is 1. The Kier molecular flexibility index (Phi) is 6.56. The topological polar surface area (TPSA) is 20.9 Å². The van der Waals surface area contributed by atoms with E-state index in [2.05, 4.69) is 41.9 Å². The Hall–Kier alpha value is -1.000. The fourth-order valence-corrected chi connectivity index (χ4v) is 2.12. The first-order valence-electron chi connectivity index (χ1n) is 6.34. The van der Waals surface area contributed by atoms with Crippen LogP contribution in [-0.2, 0) is 6.54 Å². The Morgan fingerprint density at radius 3 is 2.15 bits per heavy atom. The van der Waals surface area contributed by atoms with Crippen molar-refractivity contribution < 1.29 is 26.3 Å². The SMILES string of the molecule is CC(C)c1cc[n+](CC(=O)c2ccc(Br)cc2)cc1.[Br-]. The lowest BCUT2D eigenvalue weighted by Crippen LogP contribution is -3.00. The largest absolute Gasteiger partial charge is 1.00 e. The van der Waals surface area contributed by atoms with Crippen molar-refractivity contribution in [3.8, 4) is 0 Å². The van der Waals surface area contributed by atoms with Crippen LogP contribution in [0.4, 0.5) is 0 Å². The molecule has 2 rings (SSSR count). The smallest absolute Gasteiger partial charge is 0.227 e. The first-order chi connectivity index (χ1) is 9.06. The Labute approximate surface area is 138 Å². The fourth-order valence-electron chi connectivity index (χ4n) is 1.85. The Morgan fingerprint density at radius 2 is 1.65 bits per heavy atom. The number of rotatable bonds is 4. The molecule has 0 aliphatic carbocycles. The van der Waals surface area contributed by atoms with Crippen molar-refractivity contribution in [2.45, 2.75) is 26.3 Å². The molecule has 0 aliphatic rings. The second-order valence-electron chi connectivity index (χ2n) is 4.89. The number of carbonyl (C=O) groups is 1. The number of carbonyl (C=O) groups excluding carboxylic acids is 1. The van der Waals surface area contributed by atoms with Crippen molar-refractivity contribution in [1.82, 2.24) is 0 Å². The fraction of sp³-hybridized carbons (Fsp3) is 0.250. The molecular formula is C16H17Br2NO. The van der Waals surface area contributed by atoms with Crippen molar-refractivity contribution in [1.29, 1.82) is 0 Å². The van der Waals surface area contributed by atoms with Crippen LogP contribution in [0.25, 0.3) is 0 Å². The summed E-state index contributed by atoms with van der Waals surface area (Å²) in [5.41, 5.74) is 2.02. The number of pyridine rings is 1. The third kappa shape index (κ3) is 4.53. The lowest BCUT2D eigenvalue weighted by atomic mass is 10.1. The summed E-state index contributed by atoms with van der Waals surface area (Å²) in [5.74, 6) is 0.631. The van der Waals surface area contributed by atoms with E-state index in [1.807, 2.05) is 41.2 Å². The molecule has 0 radical (unpaired) electrons. The molecule has 4 heteroatoms. The highest BCUT2D eigenvalue weighted by Crippen LogP contribution is 2.12. The zero-order valence-corrected chi connectivity index (χ0v) is 14.7. The van der Waals surface area contributed by atoms with Crippen molar-refractivity contribution in [3.05, 3.63) is 64.4 Å². The van der Waals surface area contributed by atoms with Gasteiger partial charge in [0.05, 0.1) is 0 Å². The van der Waals surface area contributed by atoms with Crippen LogP contribution in [0.3, 0.4) is 0 Å². The van der Waals surface area contributed by atoms with Crippen molar-refractivity contribution in [3.63, 3.8) is 0 Å². The van der Waals surface area contributed by atoms with E-state index in [1.165, 1.54) is 5.56 Å². The minimum atomic E-state index is 0. The van der Waals surface area contributed by atoms with E-state index in [-0.39, 0.29) is 22.8 Å². The molecule has 2 nitrogen and oxygen atoms in total.